The molecule has 0 saturated carbocycles. The van der Waals surface area contributed by atoms with Gasteiger partial charge >= 0.3 is 0 Å². The maximum atomic E-state index is 12.9. The van der Waals surface area contributed by atoms with Gasteiger partial charge in [-0.2, -0.15) is 4.98 Å². The van der Waals surface area contributed by atoms with Gasteiger partial charge < -0.3 is 24.6 Å². The minimum absolute atomic E-state index is 0.110. The molecule has 0 aliphatic carbocycles. The van der Waals surface area contributed by atoms with E-state index >= 15 is 0 Å². The lowest BCUT2D eigenvalue weighted by Crippen LogP contribution is -2.12. The van der Waals surface area contributed by atoms with Crippen LogP contribution in [-0.2, 0) is 16.0 Å². The number of thioether (sulfide) groups is 1. The van der Waals surface area contributed by atoms with Crippen molar-refractivity contribution in [1.29, 1.82) is 0 Å². The zero-order valence-electron chi connectivity index (χ0n) is 20.4. The lowest BCUT2D eigenvalue weighted by molar-refractivity contribution is -0.116. The average molecular weight is 559 g/mol. The van der Waals surface area contributed by atoms with Crippen molar-refractivity contribution in [3.05, 3.63) is 54.2 Å². The average Bonchev–Trinajstić information content (AvgIpc) is 3.58. The van der Waals surface area contributed by atoms with Crippen LogP contribution in [0.15, 0.2) is 51.3 Å². The molecule has 4 aromatic rings. The quantitative estimate of drug-likeness (QED) is 0.189. The number of hydrogen-bond acceptors (Lipinski definition) is 11. The SMILES string of the molecule is COc1ccc(-c2noc(CCC(=O)Nc3nnc(SCCC(=O)Nc4ccc(F)cc4)s3)n2)cc1OC. The molecule has 0 radical (unpaired) electrons. The third kappa shape index (κ3) is 7.49. The molecule has 0 fully saturated rings. The van der Waals surface area contributed by atoms with E-state index in [1.165, 1.54) is 54.5 Å². The van der Waals surface area contributed by atoms with E-state index < -0.39 is 0 Å². The number of rotatable bonds is 12. The summed E-state index contributed by atoms with van der Waals surface area (Å²) in [4.78, 5) is 28.7. The van der Waals surface area contributed by atoms with Gasteiger partial charge in [0.2, 0.25) is 28.7 Å². The number of ether oxygens (including phenoxy) is 2. The van der Waals surface area contributed by atoms with Gasteiger partial charge in [-0.3, -0.25) is 9.59 Å². The van der Waals surface area contributed by atoms with Gasteiger partial charge in [-0.1, -0.05) is 28.3 Å². The number of nitrogens with one attached hydrogen (secondary N) is 2. The van der Waals surface area contributed by atoms with Crippen LogP contribution in [-0.4, -0.2) is 52.1 Å². The summed E-state index contributed by atoms with van der Waals surface area (Å²) in [5.74, 6) is 1.44. The standard InChI is InChI=1S/C24H23FN6O5S2/c1-34-17-8-3-14(13-18(17)35-2)22-28-21(36-31-22)10-9-19(32)27-23-29-30-24(38-23)37-12-11-20(33)26-16-6-4-15(25)5-7-16/h3-8,13H,9-12H2,1-2H3,(H,26,33)(H,27,29,32). The highest BCUT2D eigenvalue weighted by molar-refractivity contribution is 8.01. The van der Waals surface area contributed by atoms with E-state index in [9.17, 15) is 14.0 Å². The zero-order valence-corrected chi connectivity index (χ0v) is 22.0. The third-order valence-corrected chi connectivity index (χ3v) is 6.98. The Morgan fingerprint density at radius 1 is 1.00 bits per heavy atom. The van der Waals surface area contributed by atoms with E-state index in [0.29, 0.717) is 49.7 Å². The molecular formula is C24H23FN6O5S2. The molecule has 198 valence electrons. The second kappa shape index (κ2) is 13.0. The summed E-state index contributed by atoms with van der Waals surface area (Å²) < 4.78 is 29.4. The molecule has 2 amide bonds. The fourth-order valence-corrected chi connectivity index (χ4v) is 4.93. The number of amides is 2. The fourth-order valence-electron chi connectivity index (χ4n) is 3.16. The Bertz CT molecular complexity index is 1400. The number of hydrogen-bond donors (Lipinski definition) is 2. The summed E-state index contributed by atoms with van der Waals surface area (Å²) in [5, 5.41) is 17.7. The van der Waals surface area contributed by atoms with Crippen LogP contribution in [0.5, 0.6) is 11.5 Å². The predicted molar refractivity (Wildman–Crippen MR) is 140 cm³/mol. The highest BCUT2D eigenvalue weighted by atomic mass is 32.2. The van der Waals surface area contributed by atoms with Crippen LogP contribution in [0.4, 0.5) is 15.2 Å². The summed E-state index contributed by atoms with van der Waals surface area (Å²) in [7, 11) is 3.09. The fraction of sp³-hybridized carbons (Fsp3) is 0.250. The van der Waals surface area contributed by atoms with Crippen molar-refractivity contribution in [2.45, 2.75) is 23.6 Å². The van der Waals surface area contributed by atoms with E-state index in [4.69, 9.17) is 14.0 Å². The highest BCUT2D eigenvalue weighted by Crippen LogP contribution is 2.31. The van der Waals surface area contributed by atoms with Crippen molar-refractivity contribution < 1.29 is 28.0 Å². The van der Waals surface area contributed by atoms with Crippen molar-refractivity contribution in [1.82, 2.24) is 20.3 Å². The van der Waals surface area contributed by atoms with E-state index in [1.54, 1.807) is 25.3 Å². The van der Waals surface area contributed by atoms with Crippen LogP contribution in [0.25, 0.3) is 11.4 Å². The van der Waals surface area contributed by atoms with Gasteiger partial charge in [-0.15, -0.1) is 10.2 Å². The number of methoxy groups -OCH3 is 2. The maximum Gasteiger partial charge on any atom is 0.227 e. The largest absolute Gasteiger partial charge is 0.493 e. The molecule has 0 aliphatic rings. The molecule has 0 bridgehead atoms. The number of aryl methyl sites for hydroxylation is 1. The molecule has 2 aromatic carbocycles. The minimum atomic E-state index is -0.368. The first-order valence-electron chi connectivity index (χ1n) is 11.3. The summed E-state index contributed by atoms with van der Waals surface area (Å²) in [6, 6.07) is 10.8. The van der Waals surface area contributed by atoms with Gasteiger partial charge in [0, 0.05) is 36.3 Å². The Hall–Kier alpha value is -4.04. The molecule has 14 heteroatoms. The molecule has 2 heterocycles. The van der Waals surface area contributed by atoms with Crippen LogP contribution in [0.2, 0.25) is 0 Å². The predicted octanol–water partition coefficient (Wildman–Crippen LogP) is 4.44. The van der Waals surface area contributed by atoms with Gasteiger partial charge in [0.15, 0.2) is 15.8 Å². The van der Waals surface area contributed by atoms with Crippen LogP contribution >= 0.6 is 23.1 Å². The topological polar surface area (TPSA) is 141 Å². The normalized spacial score (nSPS) is 10.7. The first kappa shape index (κ1) is 27.0. The van der Waals surface area contributed by atoms with Crippen LogP contribution < -0.4 is 20.1 Å². The number of halogens is 1. The Morgan fingerprint density at radius 3 is 2.53 bits per heavy atom. The Balaban J connectivity index is 1.20. The molecule has 0 saturated heterocycles. The van der Waals surface area contributed by atoms with Crippen molar-refractivity contribution >= 4 is 45.7 Å². The van der Waals surface area contributed by atoms with Gasteiger partial charge in [0.1, 0.15) is 5.82 Å². The molecule has 2 aromatic heterocycles. The molecule has 11 nitrogen and oxygen atoms in total. The van der Waals surface area contributed by atoms with E-state index in [1.807, 2.05) is 0 Å². The molecule has 0 aliphatic heterocycles. The molecule has 2 N–H and O–H groups in total. The van der Waals surface area contributed by atoms with Crippen LogP contribution in [0, 0.1) is 5.82 Å². The first-order chi connectivity index (χ1) is 18.4. The van der Waals surface area contributed by atoms with Crippen LogP contribution in [0.3, 0.4) is 0 Å². The lowest BCUT2D eigenvalue weighted by atomic mass is 10.2. The molecule has 0 unspecified atom stereocenters. The van der Waals surface area contributed by atoms with Crippen molar-refractivity contribution in [3.8, 4) is 22.9 Å². The summed E-state index contributed by atoms with van der Waals surface area (Å²) in [5.41, 5.74) is 1.22. The second-order valence-corrected chi connectivity index (χ2v) is 9.98. The van der Waals surface area contributed by atoms with E-state index in [-0.39, 0.29) is 36.9 Å². The summed E-state index contributed by atoms with van der Waals surface area (Å²) in [6.07, 6.45) is 0.591. The minimum Gasteiger partial charge on any atom is -0.493 e. The van der Waals surface area contributed by atoms with Crippen molar-refractivity contribution in [2.24, 2.45) is 0 Å². The second-order valence-electron chi connectivity index (χ2n) is 7.66. The van der Waals surface area contributed by atoms with Crippen LogP contribution in [0.1, 0.15) is 18.7 Å². The highest BCUT2D eigenvalue weighted by Gasteiger charge is 2.15. The third-order valence-electron chi connectivity index (χ3n) is 5.01. The number of carbonyl (C=O) groups is 2. The zero-order chi connectivity index (χ0) is 26.9. The van der Waals surface area contributed by atoms with E-state index in [0.717, 1.165) is 0 Å². The number of carbonyl (C=O) groups excluding carboxylic acids is 2. The smallest absolute Gasteiger partial charge is 0.227 e. The van der Waals surface area contributed by atoms with Gasteiger partial charge in [0.05, 0.1) is 14.2 Å². The van der Waals surface area contributed by atoms with Gasteiger partial charge in [0.25, 0.3) is 0 Å². The Labute approximate surface area is 225 Å². The van der Waals surface area contributed by atoms with Crippen molar-refractivity contribution in [3.63, 3.8) is 0 Å². The molecule has 0 atom stereocenters. The molecule has 38 heavy (non-hydrogen) atoms. The summed E-state index contributed by atoms with van der Waals surface area (Å²) >= 11 is 2.56. The summed E-state index contributed by atoms with van der Waals surface area (Å²) in [6.45, 7) is 0. The Kier molecular flexibility index (Phi) is 9.21. The maximum absolute atomic E-state index is 12.9. The van der Waals surface area contributed by atoms with Gasteiger partial charge in [-0.05, 0) is 42.5 Å². The number of aromatic nitrogens is 4. The molecular weight excluding hydrogens is 535 g/mol. The first-order valence-corrected chi connectivity index (χ1v) is 13.1. The number of nitrogens with zero attached hydrogens (tertiary/aromatic N) is 4. The molecule has 4 rings (SSSR count). The number of benzene rings is 2. The number of anilines is 2. The monoisotopic (exact) mass is 558 g/mol. The van der Waals surface area contributed by atoms with E-state index in [2.05, 4.69) is 31.0 Å². The molecule has 0 spiro atoms. The lowest BCUT2D eigenvalue weighted by Gasteiger charge is -2.07. The Morgan fingerprint density at radius 2 is 1.76 bits per heavy atom. The van der Waals surface area contributed by atoms with Crippen molar-refractivity contribution in [2.75, 3.05) is 30.6 Å². The van der Waals surface area contributed by atoms with Gasteiger partial charge in [-0.25, -0.2) is 4.39 Å².